The molecule has 6 nitrogen and oxygen atoms in total. The Labute approximate surface area is 217 Å². The molecule has 1 fully saturated rings. The summed E-state index contributed by atoms with van der Waals surface area (Å²) >= 11 is 5.51. The van der Waals surface area contributed by atoms with Gasteiger partial charge in [0.2, 0.25) is 0 Å². The maximum absolute atomic E-state index is 13.5. The fourth-order valence-corrected chi connectivity index (χ4v) is 4.64. The summed E-state index contributed by atoms with van der Waals surface area (Å²) in [6.45, 7) is 4.07. The van der Waals surface area contributed by atoms with Crippen LogP contribution in [-0.2, 0) is 11.0 Å². The highest BCUT2D eigenvalue weighted by atomic mass is 32.1. The van der Waals surface area contributed by atoms with Gasteiger partial charge in [-0.2, -0.15) is 18.4 Å². The fraction of sp³-hybridized carbons (Fsp3) is 0.259. The maximum atomic E-state index is 13.5. The van der Waals surface area contributed by atoms with Crippen LogP contribution in [0.4, 0.5) is 18.9 Å². The first-order valence-corrected chi connectivity index (χ1v) is 11.9. The van der Waals surface area contributed by atoms with Crippen molar-refractivity contribution in [2.75, 3.05) is 18.1 Å². The summed E-state index contributed by atoms with van der Waals surface area (Å²) in [7, 11) is 0. The first kappa shape index (κ1) is 26.1. The van der Waals surface area contributed by atoms with Crippen molar-refractivity contribution in [1.29, 1.82) is 5.26 Å². The van der Waals surface area contributed by atoms with Gasteiger partial charge in [-0.3, -0.25) is 14.7 Å². The second-order valence-corrected chi connectivity index (χ2v) is 9.31. The van der Waals surface area contributed by atoms with Crippen LogP contribution in [0.25, 0.3) is 11.1 Å². The number of amides is 1. The average molecular weight is 525 g/mol. The number of nitriles is 1. The van der Waals surface area contributed by atoms with E-state index in [2.05, 4.69) is 4.98 Å². The van der Waals surface area contributed by atoms with Crippen molar-refractivity contribution in [1.82, 2.24) is 9.88 Å². The van der Waals surface area contributed by atoms with Gasteiger partial charge in [-0.15, -0.1) is 0 Å². The molecule has 2 heterocycles. The van der Waals surface area contributed by atoms with Crippen molar-refractivity contribution in [3.8, 4) is 22.9 Å². The van der Waals surface area contributed by atoms with Crippen molar-refractivity contribution in [2.45, 2.75) is 32.0 Å². The van der Waals surface area contributed by atoms with Crippen LogP contribution in [0.3, 0.4) is 0 Å². The van der Waals surface area contributed by atoms with Gasteiger partial charge in [0.05, 0.1) is 29.5 Å². The molecule has 0 N–H and O–H groups in total. The molecule has 0 saturated carbocycles. The Hall–Kier alpha value is -3.97. The highest BCUT2D eigenvalue weighted by Crippen LogP contribution is 2.38. The molecule has 1 aromatic heterocycles. The van der Waals surface area contributed by atoms with E-state index in [1.54, 1.807) is 37.2 Å². The molecule has 0 unspecified atom stereocenters. The first-order valence-electron chi connectivity index (χ1n) is 11.4. The average Bonchev–Trinajstić information content (AvgIpc) is 3.05. The van der Waals surface area contributed by atoms with E-state index in [-0.39, 0.29) is 10.8 Å². The van der Waals surface area contributed by atoms with E-state index < -0.39 is 28.7 Å². The second-order valence-electron chi connectivity index (χ2n) is 8.94. The summed E-state index contributed by atoms with van der Waals surface area (Å²) < 4.78 is 46.2. The number of aromatic nitrogens is 1. The van der Waals surface area contributed by atoms with Gasteiger partial charge in [-0.05, 0) is 80.0 Å². The molecule has 0 bridgehead atoms. The number of ether oxygens (including phenoxy) is 1. The van der Waals surface area contributed by atoms with Gasteiger partial charge in [-0.25, -0.2) is 0 Å². The number of carbonyl (C=O) groups excluding carboxylic acids is 1. The first-order chi connectivity index (χ1) is 17.5. The predicted molar refractivity (Wildman–Crippen MR) is 137 cm³/mol. The van der Waals surface area contributed by atoms with Crippen molar-refractivity contribution in [3.05, 3.63) is 78.1 Å². The Morgan fingerprint density at radius 3 is 2.46 bits per heavy atom. The van der Waals surface area contributed by atoms with E-state index in [1.165, 1.54) is 6.07 Å². The minimum Gasteiger partial charge on any atom is -0.494 e. The van der Waals surface area contributed by atoms with Gasteiger partial charge in [0.15, 0.2) is 5.11 Å². The van der Waals surface area contributed by atoms with E-state index in [4.69, 9.17) is 22.2 Å². The molecule has 2 aromatic carbocycles. The Kier molecular flexibility index (Phi) is 7.18. The summed E-state index contributed by atoms with van der Waals surface area (Å²) in [6.07, 6.45) is -0.724. The zero-order valence-electron chi connectivity index (χ0n) is 20.1. The van der Waals surface area contributed by atoms with Crippen molar-refractivity contribution in [3.63, 3.8) is 0 Å². The lowest BCUT2D eigenvalue weighted by atomic mass is 10.0. The minimum absolute atomic E-state index is 0.0261. The molecule has 0 spiro atoms. The van der Waals surface area contributed by atoms with Crippen LogP contribution < -0.4 is 9.64 Å². The predicted octanol–water partition coefficient (Wildman–Crippen LogP) is 5.82. The smallest absolute Gasteiger partial charge is 0.417 e. The Balaban J connectivity index is 1.42. The molecule has 0 radical (unpaired) electrons. The van der Waals surface area contributed by atoms with Crippen molar-refractivity contribution >= 4 is 28.9 Å². The number of pyridine rings is 1. The van der Waals surface area contributed by atoms with E-state index in [0.29, 0.717) is 25.3 Å². The van der Waals surface area contributed by atoms with Gasteiger partial charge >= 0.3 is 6.18 Å². The molecule has 1 aliphatic rings. The standard InChI is InChI=1S/C27H23F3N4O2S/c1-26(2)24(35)34(21-9-6-19(16-31)23(15-21)27(28,29)30)25(37)33(26)13-4-14-36-22-10-7-18(8-11-22)20-5-3-12-32-17-20/h3,5-12,15,17H,4,13-14H2,1-2H3. The number of anilines is 1. The van der Waals surface area contributed by atoms with Crippen LogP contribution in [0.2, 0.25) is 0 Å². The normalized spacial score (nSPS) is 15.1. The summed E-state index contributed by atoms with van der Waals surface area (Å²) in [5, 5.41) is 9.16. The quantitative estimate of drug-likeness (QED) is 0.287. The number of hydrogen-bond donors (Lipinski definition) is 0. The number of thiocarbonyl (C=S) groups is 1. The van der Waals surface area contributed by atoms with Gasteiger partial charge in [0.1, 0.15) is 11.3 Å². The molecule has 10 heteroatoms. The third-order valence-corrected chi connectivity index (χ3v) is 6.56. The van der Waals surface area contributed by atoms with Crippen LogP contribution in [0.15, 0.2) is 67.0 Å². The van der Waals surface area contributed by atoms with Crippen LogP contribution in [-0.4, -0.2) is 39.6 Å². The van der Waals surface area contributed by atoms with E-state index in [9.17, 15) is 18.0 Å². The zero-order chi connectivity index (χ0) is 26.8. The summed E-state index contributed by atoms with van der Waals surface area (Å²) in [5.74, 6) is 0.244. The minimum atomic E-state index is -4.74. The number of nitrogens with zero attached hydrogens (tertiary/aromatic N) is 4. The number of carbonyl (C=O) groups is 1. The topological polar surface area (TPSA) is 69.5 Å². The number of rotatable bonds is 7. The lowest BCUT2D eigenvalue weighted by molar-refractivity contribution is -0.137. The van der Waals surface area contributed by atoms with Gasteiger partial charge in [0.25, 0.3) is 5.91 Å². The monoisotopic (exact) mass is 524 g/mol. The molecule has 3 aromatic rings. The molecule has 190 valence electrons. The third kappa shape index (κ3) is 5.27. The summed E-state index contributed by atoms with van der Waals surface area (Å²) in [5.41, 5.74) is -0.702. The molecule has 1 aliphatic heterocycles. The zero-order valence-corrected chi connectivity index (χ0v) is 20.9. The summed E-state index contributed by atoms with van der Waals surface area (Å²) in [4.78, 5) is 20.1. The maximum Gasteiger partial charge on any atom is 0.417 e. The molecule has 0 atom stereocenters. The van der Waals surface area contributed by atoms with E-state index >= 15 is 0 Å². The van der Waals surface area contributed by atoms with Crippen LogP contribution in [0, 0.1) is 11.3 Å². The molecule has 0 aliphatic carbocycles. The lowest BCUT2D eigenvalue weighted by Crippen LogP contribution is -2.44. The molecule has 4 rings (SSSR count). The highest BCUT2D eigenvalue weighted by molar-refractivity contribution is 7.80. The Morgan fingerprint density at radius 1 is 1.11 bits per heavy atom. The fourth-order valence-electron chi connectivity index (χ4n) is 4.13. The van der Waals surface area contributed by atoms with Crippen LogP contribution in [0.1, 0.15) is 31.4 Å². The summed E-state index contributed by atoms with van der Waals surface area (Å²) in [6, 6.07) is 16.1. The largest absolute Gasteiger partial charge is 0.494 e. The number of halogens is 3. The lowest BCUT2D eigenvalue weighted by Gasteiger charge is -2.29. The van der Waals surface area contributed by atoms with Crippen molar-refractivity contribution in [2.24, 2.45) is 0 Å². The van der Waals surface area contributed by atoms with Gasteiger partial charge in [-0.1, -0.05) is 18.2 Å². The van der Waals surface area contributed by atoms with E-state index in [1.807, 2.05) is 36.4 Å². The molecule has 1 amide bonds. The van der Waals surface area contributed by atoms with Crippen LogP contribution >= 0.6 is 12.2 Å². The van der Waals surface area contributed by atoms with Gasteiger partial charge in [0, 0.05) is 18.9 Å². The number of alkyl halides is 3. The SMILES string of the molecule is CC1(C)C(=O)N(c2ccc(C#N)c(C(F)(F)F)c2)C(=S)N1CCCOc1ccc(-c2cccnc2)cc1. The van der Waals surface area contributed by atoms with Crippen molar-refractivity contribution < 1.29 is 22.7 Å². The molecule has 37 heavy (non-hydrogen) atoms. The highest BCUT2D eigenvalue weighted by Gasteiger charge is 2.49. The molecular weight excluding hydrogens is 501 g/mol. The number of benzene rings is 2. The third-order valence-electron chi connectivity index (χ3n) is 6.15. The van der Waals surface area contributed by atoms with Gasteiger partial charge < -0.3 is 9.64 Å². The number of hydrogen-bond acceptors (Lipinski definition) is 5. The van der Waals surface area contributed by atoms with E-state index in [0.717, 1.165) is 28.2 Å². The van der Waals surface area contributed by atoms with Crippen LogP contribution in [0.5, 0.6) is 5.75 Å². The Bertz CT molecular complexity index is 1350. The Morgan fingerprint density at radius 2 is 1.84 bits per heavy atom. The molecular formula is C27H23F3N4O2S. The molecule has 1 saturated heterocycles. The second kappa shape index (κ2) is 10.2.